The second-order valence-corrected chi connectivity index (χ2v) is 17.9. The lowest BCUT2D eigenvalue weighted by molar-refractivity contribution is -0.365. The summed E-state index contributed by atoms with van der Waals surface area (Å²) in [4.78, 5) is 12.4. The number of aliphatic hydroxyl groups excluding tert-OH is 8. The fourth-order valence-electron chi connectivity index (χ4n) is 11.5. The lowest BCUT2D eigenvalue weighted by Crippen LogP contribution is -2.65. The van der Waals surface area contributed by atoms with Crippen molar-refractivity contribution in [1.29, 1.82) is 0 Å². The summed E-state index contributed by atoms with van der Waals surface area (Å²) in [5.41, 5.74) is 1.05. The summed E-state index contributed by atoms with van der Waals surface area (Å²) in [6.45, 7) is 9.71. The van der Waals surface area contributed by atoms with Gasteiger partial charge in [-0.05, 0) is 104 Å². The predicted octanol–water partition coefficient (Wildman–Crippen LogP) is 1.19. The van der Waals surface area contributed by atoms with E-state index in [2.05, 4.69) is 34.6 Å². The first-order valence-corrected chi connectivity index (χ1v) is 19.7. The van der Waals surface area contributed by atoms with Crippen LogP contribution < -0.4 is 0 Å². The molecule has 6 aliphatic rings. The summed E-state index contributed by atoms with van der Waals surface area (Å²) in [7, 11) is 0. The number of fused-ring (bicyclic) bond motifs is 5. The van der Waals surface area contributed by atoms with Crippen molar-refractivity contribution < 1.29 is 64.6 Å². The highest BCUT2D eigenvalue weighted by Crippen LogP contribution is 2.68. The van der Waals surface area contributed by atoms with Gasteiger partial charge >= 0.3 is 0 Å². The van der Waals surface area contributed by atoms with Crippen LogP contribution in [0.2, 0.25) is 0 Å². The summed E-state index contributed by atoms with van der Waals surface area (Å²) in [5, 5.41) is 85.6. The molecule has 13 heteroatoms. The minimum absolute atomic E-state index is 0.0306. The summed E-state index contributed by atoms with van der Waals surface area (Å²) in [5.74, 6) is 1.43. The average molecular weight is 741 g/mol. The molecule has 3 saturated carbocycles. The molecule has 4 aliphatic carbocycles. The SMILES string of the molecule is CC(C)CCC(O)C(C)C1C(OC2OC(CO)C(O)C(OC3OC(CO)C(O)C(O)C3O)C2O)CC2C3CCC4=CC(=O)CCC4(C)C3CCC21C. The number of ether oxygens (including phenoxy) is 4. The monoisotopic (exact) mass is 740 g/mol. The summed E-state index contributed by atoms with van der Waals surface area (Å²) in [6, 6.07) is 0. The van der Waals surface area contributed by atoms with Gasteiger partial charge in [0, 0.05) is 6.42 Å². The van der Waals surface area contributed by atoms with Crippen LogP contribution in [0.15, 0.2) is 11.6 Å². The molecule has 0 aromatic heterocycles. The summed E-state index contributed by atoms with van der Waals surface area (Å²) in [6.07, 6.45) is -7.11. The van der Waals surface area contributed by atoms with Gasteiger partial charge in [0.25, 0.3) is 0 Å². The van der Waals surface area contributed by atoms with Crippen LogP contribution in [-0.2, 0) is 23.7 Å². The molecular formula is C39H64O13. The summed E-state index contributed by atoms with van der Waals surface area (Å²) < 4.78 is 24.2. The topological polar surface area (TPSA) is 216 Å². The van der Waals surface area contributed by atoms with Crippen LogP contribution in [0, 0.1) is 46.3 Å². The molecule has 0 amide bonds. The lowest BCUT2D eigenvalue weighted by atomic mass is 9.46. The molecule has 298 valence electrons. The highest BCUT2D eigenvalue weighted by molar-refractivity contribution is 5.91. The lowest BCUT2D eigenvalue weighted by Gasteiger charge is -2.58. The van der Waals surface area contributed by atoms with E-state index in [-0.39, 0.29) is 34.4 Å². The van der Waals surface area contributed by atoms with Gasteiger partial charge in [-0.1, -0.05) is 40.2 Å². The Labute approximate surface area is 307 Å². The number of carbonyl (C=O) groups excluding carboxylic acids is 1. The maximum atomic E-state index is 12.4. The zero-order valence-corrected chi connectivity index (χ0v) is 31.4. The number of allylic oxidation sites excluding steroid dienone is 1. The van der Waals surface area contributed by atoms with E-state index in [1.807, 2.05) is 6.08 Å². The Balaban J connectivity index is 1.28. The van der Waals surface area contributed by atoms with Crippen molar-refractivity contribution in [2.75, 3.05) is 13.2 Å². The van der Waals surface area contributed by atoms with Gasteiger partial charge in [-0.15, -0.1) is 0 Å². The van der Waals surface area contributed by atoms with Gasteiger partial charge in [0.1, 0.15) is 48.8 Å². The molecule has 5 fully saturated rings. The maximum absolute atomic E-state index is 12.4. The van der Waals surface area contributed by atoms with E-state index in [0.717, 1.165) is 38.5 Å². The van der Waals surface area contributed by atoms with E-state index >= 15 is 0 Å². The second kappa shape index (κ2) is 15.8. The maximum Gasteiger partial charge on any atom is 0.187 e. The first-order chi connectivity index (χ1) is 24.5. The van der Waals surface area contributed by atoms with E-state index in [1.165, 1.54) is 5.57 Å². The third kappa shape index (κ3) is 7.20. The Bertz CT molecular complexity index is 1280. The van der Waals surface area contributed by atoms with Gasteiger partial charge < -0.3 is 59.8 Å². The number of hydrogen-bond donors (Lipinski definition) is 8. The zero-order valence-electron chi connectivity index (χ0n) is 31.4. The molecule has 19 unspecified atom stereocenters. The molecule has 2 heterocycles. The molecule has 0 aromatic rings. The first-order valence-electron chi connectivity index (χ1n) is 19.7. The fourth-order valence-corrected chi connectivity index (χ4v) is 11.5. The van der Waals surface area contributed by atoms with E-state index < -0.39 is 86.8 Å². The minimum Gasteiger partial charge on any atom is -0.394 e. The van der Waals surface area contributed by atoms with Gasteiger partial charge in [-0.3, -0.25) is 4.79 Å². The smallest absolute Gasteiger partial charge is 0.187 e. The molecule has 2 saturated heterocycles. The molecule has 6 rings (SSSR count). The minimum atomic E-state index is -1.77. The molecule has 52 heavy (non-hydrogen) atoms. The van der Waals surface area contributed by atoms with E-state index in [4.69, 9.17) is 18.9 Å². The average Bonchev–Trinajstić information content (AvgIpc) is 3.41. The van der Waals surface area contributed by atoms with Crippen molar-refractivity contribution in [1.82, 2.24) is 0 Å². The van der Waals surface area contributed by atoms with Crippen molar-refractivity contribution >= 4 is 5.78 Å². The van der Waals surface area contributed by atoms with Crippen LogP contribution in [0.3, 0.4) is 0 Å². The number of ketones is 1. The van der Waals surface area contributed by atoms with E-state index in [0.29, 0.717) is 37.0 Å². The Kier molecular flexibility index (Phi) is 12.3. The van der Waals surface area contributed by atoms with Crippen molar-refractivity contribution in [3.05, 3.63) is 11.6 Å². The third-order valence-corrected chi connectivity index (χ3v) is 14.5. The third-order valence-electron chi connectivity index (χ3n) is 14.5. The highest BCUT2D eigenvalue weighted by Gasteiger charge is 2.64. The molecule has 19 atom stereocenters. The Morgan fingerprint density at radius 2 is 1.46 bits per heavy atom. The second-order valence-electron chi connectivity index (χ2n) is 17.9. The number of aliphatic hydroxyl groups is 8. The van der Waals surface area contributed by atoms with Gasteiger partial charge in [-0.25, -0.2) is 0 Å². The van der Waals surface area contributed by atoms with Crippen LogP contribution in [0.25, 0.3) is 0 Å². The van der Waals surface area contributed by atoms with Gasteiger partial charge in [0.05, 0.1) is 25.4 Å². The van der Waals surface area contributed by atoms with Crippen LogP contribution >= 0.6 is 0 Å². The molecule has 0 spiro atoms. The first kappa shape index (κ1) is 40.6. The van der Waals surface area contributed by atoms with Gasteiger partial charge in [0.2, 0.25) is 0 Å². The number of rotatable bonds is 11. The highest BCUT2D eigenvalue weighted by atomic mass is 16.7. The Morgan fingerprint density at radius 3 is 2.12 bits per heavy atom. The summed E-state index contributed by atoms with van der Waals surface area (Å²) >= 11 is 0. The quantitative estimate of drug-likeness (QED) is 0.150. The largest absolute Gasteiger partial charge is 0.394 e. The van der Waals surface area contributed by atoms with Gasteiger partial charge in [0.15, 0.2) is 18.4 Å². The fraction of sp³-hybridized carbons (Fsp3) is 0.923. The number of carbonyl (C=O) groups is 1. The van der Waals surface area contributed by atoms with Gasteiger partial charge in [-0.2, -0.15) is 0 Å². The standard InChI is InChI=1S/C39H64O13/c1-18(2)6-9-25(43)19(3)29-26(15-24-22-8-7-20-14-21(42)10-12-38(20,4)23(22)11-13-39(24,29)5)49-37-34(48)35(31(45)28(17-41)51-37)52-36-33(47)32(46)30(44)27(16-40)50-36/h14,18-19,22-37,40-41,43-48H,6-13,15-17H2,1-5H3. The molecule has 0 radical (unpaired) electrons. The van der Waals surface area contributed by atoms with E-state index in [1.54, 1.807) is 0 Å². The Hall–Kier alpha value is -1.07. The van der Waals surface area contributed by atoms with Crippen LogP contribution in [-0.4, -0.2) is 133 Å². The van der Waals surface area contributed by atoms with Crippen molar-refractivity contribution in [3.8, 4) is 0 Å². The molecular weight excluding hydrogens is 676 g/mol. The zero-order chi connectivity index (χ0) is 37.9. The normalized spacial score (nSPS) is 49.2. The predicted molar refractivity (Wildman–Crippen MR) is 186 cm³/mol. The molecule has 13 nitrogen and oxygen atoms in total. The van der Waals surface area contributed by atoms with Crippen molar-refractivity contribution in [2.45, 2.75) is 166 Å². The van der Waals surface area contributed by atoms with Crippen molar-refractivity contribution in [3.63, 3.8) is 0 Å². The van der Waals surface area contributed by atoms with Crippen LogP contribution in [0.1, 0.15) is 92.4 Å². The molecule has 0 bridgehead atoms. The van der Waals surface area contributed by atoms with Crippen LogP contribution in [0.5, 0.6) is 0 Å². The molecule has 0 aromatic carbocycles. The molecule has 8 N–H and O–H groups in total. The van der Waals surface area contributed by atoms with E-state index in [9.17, 15) is 45.6 Å². The van der Waals surface area contributed by atoms with Crippen molar-refractivity contribution in [2.24, 2.45) is 46.3 Å². The van der Waals surface area contributed by atoms with Crippen LogP contribution in [0.4, 0.5) is 0 Å². The Morgan fingerprint density at radius 1 is 0.808 bits per heavy atom. The number of hydrogen-bond acceptors (Lipinski definition) is 13. The molecule has 2 aliphatic heterocycles.